The molecule has 0 saturated heterocycles. The van der Waals surface area contributed by atoms with Crippen LogP contribution in [0.2, 0.25) is 0 Å². The van der Waals surface area contributed by atoms with Crippen molar-refractivity contribution in [2.24, 2.45) is 0 Å². The lowest BCUT2D eigenvalue weighted by Gasteiger charge is -2.06. The topological polar surface area (TPSA) is 60.2 Å². The summed E-state index contributed by atoms with van der Waals surface area (Å²) in [6.45, 7) is 0. The Morgan fingerprint density at radius 2 is 1.62 bits per heavy atom. The number of para-hydroxylation sites is 1. The average molecular weight is 379 g/mol. The van der Waals surface area contributed by atoms with Crippen molar-refractivity contribution < 1.29 is 9.21 Å². The van der Waals surface area contributed by atoms with Crippen LogP contribution in [0.25, 0.3) is 34.2 Å². The van der Waals surface area contributed by atoms with Crippen LogP contribution in [-0.2, 0) is 4.79 Å². The van der Waals surface area contributed by atoms with Crippen LogP contribution in [0, 0.1) is 0 Å². The second-order valence-corrected chi connectivity index (χ2v) is 6.45. The number of carbonyl (C=O) groups excluding carboxylic acids is 1. The molecular weight excluding hydrogens is 362 g/mol. The van der Waals surface area contributed by atoms with E-state index in [9.17, 15) is 9.59 Å². The monoisotopic (exact) mass is 379 g/mol. The van der Waals surface area contributed by atoms with Gasteiger partial charge in [0.25, 0.3) is 0 Å². The van der Waals surface area contributed by atoms with Gasteiger partial charge in [0.1, 0.15) is 5.58 Å². The van der Waals surface area contributed by atoms with Crippen LogP contribution in [0.1, 0.15) is 11.1 Å². The van der Waals surface area contributed by atoms with E-state index in [1.165, 1.54) is 18.2 Å². The quantitative estimate of drug-likeness (QED) is 0.355. The number of rotatable bonds is 5. The minimum atomic E-state index is -0.381. The molecule has 4 nitrogen and oxygen atoms in total. The molecular formula is C25H17NO3. The van der Waals surface area contributed by atoms with Gasteiger partial charge in [-0.15, -0.1) is 0 Å². The van der Waals surface area contributed by atoms with E-state index in [0.29, 0.717) is 5.58 Å². The summed E-state index contributed by atoms with van der Waals surface area (Å²) in [7, 11) is 0. The number of ketones is 1. The van der Waals surface area contributed by atoms with E-state index in [1.54, 1.807) is 30.6 Å². The zero-order valence-corrected chi connectivity index (χ0v) is 15.5. The molecule has 29 heavy (non-hydrogen) atoms. The zero-order valence-electron chi connectivity index (χ0n) is 15.5. The predicted octanol–water partition coefficient (Wildman–Crippen LogP) is 5.15. The highest BCUT2D eigenvalue weighted by molar-refractivity contribution is 6.04. The van der Waals surface area contributed by atoms with Crippen LogP contribution in [0.4, 0.5) is 0 Å². The summed E-state index contributed by atoms with van der Waals surface area (Å²) in [6.07, 6.45) is 9.91. The van der Waals surface area contributed by atoms with Gasteiger partial charge in [-0.1, -0.05) is 54.6 Å². The minimum absolute atomic E-state index is 0.107. The van der Waals surface area contributed by atoms with Gasteiger partial charge in [0.05, 0.1) is 0 Å². The second-order valence-electron chi connectivity index (χ2n) is 6.45. The van der Waals surface area contributed by atoms with E-state index < -0.39 is 0 Å². The standard InChI is InChI=1S/C25H17NO3/c27-21(14-10-19-4-3-15-26-17-19)13-9-18-7-11-20(12-8-18)23-16-25(28)29-24-6-2-1-5-22(23)24/h1-17H. The Hall–Kier alpha value is -4.05. The summed E-state index contributed by atoms with van der Waals surface area (Å²) in [5.41, 5.74) is 3.68. The molecule has 0 aliphatic carbocycles. The molecule has 0 radical (unpaired) electrons. The minimum Gasteiger partial charge on any atom is -0.423 e. The summed E-state index contributed by atoms with van der Waals surface area (Å²) in [6, 6.07) is 20.3. The number of nitrogens with zero attached hydrogens (tertiary/aromatic N) is 1. The molecule has 2 aromatic heterocycles. The van der Waals surface area contributed by atoms with Crippen LogP contribution in [-0.4, -0.2) is 10.8 Å². The Labute approximate surface area is 167 Å². The molecule has 0 unspecified atom stereocenters. The molecule has 0 aliphatic rings. The number of hydrogen-bond donors (Lipinski definition) is 0. The molecule has 0 saturated carbocycles. The maximum atomic E-state index is 12.0. The van der Waals surface area contributed by atoms with Crippen molar-refractivity contribution in [3.05, 3.63) is 113 Å². The summed E-state index contributed by atoms with van der Waals surface area (Å²) >= 11 is 0. The molecule has 0 spiro atoms. The highest BCUT2D eigenvalue weighted by Gasteiger charge is 2.07. The van der Waals surface area contributed by atoms with E-state index in [2.05, 4.69) is 4.98 Å². The normalized spacial score (nSPS) is 11.4. The van der Waals surface area contributed by atoms with Gasteiger partial charge in [-0.05, 0) is 52.6 Å². The zero-order chi connectivity index (χ0) is 20.1. The van der Waals surface area contributed by atoms with Crippen LogP contribution < -0.4 is 5.63 Å². The highest BCUT2D eigenvalue weighted by Crippen LogP contribution is 2.27. The molecule has 4 rings (SSSR count). The number of benzene rings is 2. The molecule has 4 aromatic rings. The van der Waals surface area contributed by atoms with E-state index in [4.69, 9.17) is 4.42 Å². The number of aromatic nitrogens is 1. The lowest BCUT2D eigenvalue weighted by molar-refractivity contribution is -0.110. The van der Waals surface area contributed by atoms with E-state index in [-0.39, 0.29) is 11.4 Å². The van der Waals surface area contributed by atoms with Gasteiger partial charge >= 0.3 is 5.63 Å². The first-order valence-electron chi connectivity index (χ1n) is 9.12. The van der Waals surface area contributed by atoms with Gasteiger partial charge in [-0.25, -0.2) is 4.79 Å². The molecule has 2 heterocycles. The lowest BCUT2D eigenvalue weighted by atomic mass is 10.0. The maximum Gasteiger partial charge on any atom is 0.336 e. The van der Waals surface area contributed by atoms with Crippen molar-refractivity contribution in [1.29, 1.82) is 0 Å². The first-order chi connectivity index (χ1) is 14.2. The summed E-state index contributed by atoms with van der Waals surface area (Å²) in [5.74, 6) is -0.107. The number of carbonyl (C=O) groups is 1. The SMILES string of the molecule is O=C(C=Cc1ccc(-c2cc(=O)oc3ccccc23)cc1)C=Cc1cccnc1. The molecule has 0 amide bonds. The largest absolute Gasteiger partial charge is 0.423 e. The van der Waals surface area contributed by atoms with Gasteiger partial charge < -0.3 is 4.42 Å². The Morgan fingerprint density at radius 3 is 2.38 bits per heavy atom. The third-order valence-electron chi connectivity index (χ3n) is 4.44. The summed E-state index contributed by atoms with van der Waals surface area (Å²) in [4.78, 5) is 27.9. The maximum absolute atomic E-state index is 12.0. The Morgan fingerprint density at radius 1 is 0.862 bits per heavy atom. The van der Waals surface area contributed by atoms with Crippen LogP contribution in [0.5, 0.6) is 0 Å². The molecule has 0 atom stereocenters. The molecule has 4 heteroatoms. The van der Waals surface area contributed by atoms with Gasteiger partial charge in [0.15, 0.2) is 5.78 Å². The molecule has 0 bridgehead atoms. The number of fused-ring (bicyclic) bond motifs is 1. The fourth-order valence-electron chi connectivity index (χ4n) is 3.01. The van der Waals surface area contributed by atoms with Crippen molar-refractivity contribution >= 4 is 28.9 Å². The summed E-state index contributed by atoms with van der Waals surface area (Å²) < 4.78 is 5.25. The van der Waals surface area contributed by atoms with Crippen molar-refractivity contribution in [1.82, 2.24) is 4.98 Å². The number of allylic oxidation sites excluding steroid dienone is 2. The first-order valence-corrected chi connectivity index (χ1v) is 9.12. The van der Waals surface area contributed by atoms with Gasteiger partial charge in [0.2, 0.25) is 0 Å². The Kier molecular flexibility index (Phi) is 5.25. The average Bonchev–Trinajstić information content (AvgIpc) is 2.77. The fourth-order valence-corrected chi connectivity index (χ4v) is 3.01. The third-order valence-corrected chi connectivity index (χ3v) is 4.44. The lowest BCUT2D eigenvalue weighted by Crippen LogP contribution is -1.97. The third kappa shape index (κ3) is 4.45. The summed E-state index contributed by atoms with van der Waals surface area (Å²) in [5, 5.41) is 0.881. The van der Waals surface area contributed by atoms with Crippen molar-refractivity contribution in [2.45, 2.75) is 0 Å². The molecule has 0 N–H and O–H groups in total. The Balaban J connectivity index is 1.53. The van der Waals surface area contributed by atoms with Crippen LogP contribution in [0.3, 0.4) is 0 Å². The predicted molar refractivity (Wildman–Crippen MR) is 115 cm³/mol. The second kappa shape index (κ2) is 8.31. The van der Waals surface area contributed by atoms with E-state index >= 15 is 0 Å². The van der Waals surface area contributed by atoms with Crippen LogP contribution in [0.15, 0.2) is 100 Å². The van der Waals surface area contributed by atoms with E-state index in [0.717, 1.165) is 27.6 Å². The molecule has 0 fully saturated rings. The van der Waals surface area contributed by atoms with Crippen LogP contribution >= 0.6 is 0 Å². The Bertz CT molecular complexity index is 1270. The van der Waals surface area contributed by atoms with E-state index in [1.807, 2.05) is 54.6 Å². The van der Waals surface area contributed by atoms with Gasteiger partial charge in [0, 0.05) is 23.8 Å². The number of pyridine rings is 1. The van der Waals surface area contributed by atoms with Gasteiger partial charge in [-0.2, -0.15) is 0 Å². The van der Waals surface area contributed by atoms with Gasteiger partial charge in [-0.3, -0.25) is 9.78 Å². The number of hydrogen-bond acceptors (Lipinski definition) is 4. The smallest absolute Gasteiger partial charge is 0.336 e. The van der Waals surface area contributed by atoms with Crippen molar-refractivity contribution in [3.63, 3.8) is 0 Å². The first kappa shape index (κ1) is 18.3. The fraction of sp³-hybridized carbons (Fsp3) is 0. The molecule has 140 valence electrons. The highest BCUT2D eigenvalue weighted by atomic mass is 16.4. The van der Waals surface area contributed by atoms with Crippen molar-refractivity contribution in [3.8, 4) is 11.1 Å². The molecule has 0 aliphatic heterocycles. The molecule has 2 aromatic carbocycles. The van der Waals surface area contributed by atoms with Crippen molar-refractivity contribution in [2.75, 3.05) is 0 Å².